The van der Waals surface area contributed by atoms with Gasteiger partial charge in [0.25, 0.3) is 0 Å². The normalized spacial score (nSPS) is 22.4. The first-order valence-corrected chi connectivity index (χ1v) is 7.33. The molecule has 3 N–H and O–H groups in total. The molecule has 1 amide bonds. The van der Waals surface area contributed by atoms with Gasteiger partial charge in [0.2, 0.25) is 5.91 Å². The molecule has 0 spiro atoms. The average Bonchev–Trinajstić information content (AvgIpc) is 2.87. The van der Waals surface area contributed by atoms with E-state index >= 15 is 0 Å². The number of rotatable bonds is 6. The van der Waals surface area contributed by atoms with Gasteiger partial charge in [-0.05, 0) is 43.7 Å². The van der Waals surface area contributed by atoms with E-state index in [4.69, 9.17) is 5.73 Å². The van der Waals surface area contributed by atoms with Crippen molar-refractivity contribution in [2.45, 2.75) is 44.6 Å². The van der Waals surface area contributed by atoms with Crippen LogP contribution in [0.15, 0.2) is 30.3 Å². The number of carbonyl (C=O) groups is 1. The van der Waals surface area contributed by atoms with Crippen LogP contribution in [-0.2, 0) is 11.2 Å². The van der Waals surface area contributed by atoms with Gasteiger partial charge in [-0.1, -0.05) is 36.8 Å². The lowest BCUT2D eigenvalue weighted by atomic mass is 10.0. The van der Waals surface area contributed by atoms with Gasteiger partial charge in [-0.3, -0.25) is 4.79 Å². The third-order valence-electron chi connectivity index (χ3n) is 4.02. The number of amides is 1. The fraction of sp³-hybridized carbons (Fsp3) is 0.562. The zero-order valence-corrected chi connectivity index (χ0v) is 11.5. The highest BCUT2D eigenvalue weighted by Crippen LogP contribution is 2.24. The van der Waals surface area contributed by atoms with Crippen molar-refractivity contribution in [1.82, 2.24) is 5.32 Å². The third kappa shape index (κ3) is 4.35. The summed E-state index contributed by atoms with van der Waals surface area (Å²) in [5, 5.41) is 3.15. The van der Waals surface area contributed by atoms with Crippen LogP contribution in [0.1, 0.15) is 37.7 Å². The molecule has 2 unspecified atom stereocenters. The summed E-state index contributed by atoms with van der Waals surface area (Å²) in [6.07, 6.45) is 5.94. The lowest BCUT2D eigenvalue weighted by Crippen LogP contribution is -2.39. The number of nitrogens with two attached hydrogens (primary N) is 1. The summed E-state index contributed by atoms with van der Waals surface area (Å²) in [6, 6.07) is 10.6. The van der Waals surface area contributed by atoms with Crippen LogP contribution in [0.2, 0.25) is 0 Å². The van der Waals surface area contributed by atoms with E-state index in [1.807, 2.05) is 18.2 Å². The molecule has 1 aliphatic carbocycles. The van der Waals surface area contributed by atoms with E-state index < -0.39 is 0 Å². The van der Waals surface area contributed by atoms with E-state index in [2.05, 4.69) is 17.4 Å². The number of hydrogen-bond acceptors (Lipinski definition) is 2. The average molecular weight is 260 g/mol. The fourth-order valence-corrected chi connectivity index (χ4v) is 2.89. The van der Waals surface area contributed by atoms with E-state index in [9.17, 15) is 4.79 Å². The van der Waals surface area contributed by atoms with Crippen molar-refractivity contribution in [3.05, 3.63) is 35.9 Å². The van der Waals surface area contributed by atoms with E-state index in [1.165, 1.54) is 12.0 Å². The lowest BCUT2D eigenvalue weighted by Gasteiger charge is -2.19. The Balaban J connectivity index is 1.67. The molecule has 1 fully saturated rings. The van der Waals surface area contributed by atoms with Gasteiger partial charge in [-0.25, -0.2) is 0 Å². The smallest absolute Gasteiger partial charge is 0.220 e. The Labute approximate surface area is 115 Å². The highest BCUT2D eigenvalue weighted by molar-refractivity contribution is 5.76. The molecule has 0 aromatic heterocycles. The summed E-state index contributed by atoms with van der Waals surface area (Å²) >= 11 is 0. The molecule has 0 heterocycles. The minimum absolute atomic E-state index is 0.182. The molecule has 104 valence electrons. The molecule has 1 aliphatic rings. The maximum atomic E-state index is 11.9. The predicted octanol–water partition coefficient (Wildman–Crippen LogP) is 2.25. The predicted molar refractivity (Wildman–Crippen MR) is 77.7 cm³/mol. The highest BCUT2D eigenvalue weighted by Gasteiger charge is 2.26. The van der Waals surface area contributed by atoms with Crippen molar-refractivity contribution < 1.29 is 4.79 Å². The van der Waals surface area contributed by atoms with Crippen molar-refractivity contribution in [3.8, 4) is 0 Å². The second kappa shape index (κ2) is 7.29. The van der Waals surface area contributed by atoms with Crippen molar-refractivity contribution >= 4 is 5.91 Å². The molecule has 2 atom stereocenters. The van der Waals surface area contributed by atoms with Crippen molar-refractivity contribution in [3.63, 3.8) is 0 Å². The van der Waals surface area contributed by atoms with Crippen LogP contribution in [0.4, 0.5) is 0 Å². The Morgan fingerprint density at radius 2 is 2.05 bits per heavy atom. The van der Waals surface area contributed by atoms with Crippen LogP contribution >= 0.6 is 0 Å². The summed E-state index contributed by atoms with van der Waals surface area (Å²) in [5.74, 6) is 0.666. The monoisotopic (exact) mass is 260 g/mol. The van der Waals surface area contributed by atoms with Gasteiger partial charge in [0, 0.05) is 12.5 Å². The topological polar surface area (TPSA) is 55.1 Å². The maximum Gasteiger partial charge on any atom is 0.220 e. The number of benzene rings is 1. The highest BCUT2D eigenvalue weighted by atomic mass is 16.1. The zero-order chi connectivity index (χ0) is 13.5. The molecule has 0 saturated heterocycles. The molecule has 19 heavy (non-hydrogen) atoms. The van der Waals surface area contributed by atoms with Gasteiger partial charge in [0.05, 0.1) is 0 Å². The van der Waals surface area contributed by atoms with Gasteiger partial charge in [-0.2, -0.15) is 0 Å². The van der Waals surface area contributed by atoms with Crippen LogP contribution in [0.5, 0.6) is 0 Å². The number of nitrogens with one attached hydrogen (secondary N) is 1. The Kier molecular flexibility index (Phi) is 5.40. The largest absolute Gasteiger partial charge is 0.353 e. The first-order chi connectivity index (χ1) is 9.29. The van der Waals surface area contributed by atoms with Gasteiger partial charge in [0.1, 0.15) is 0 Å². The van der Waals surface area contributed by atoms with Crippen LogP contribution in [0, 0.1) is 5.92 Å². The lowest BCUT2D eigenvalue weighted by molar-refractivity contribution is -0.122. The van der Waals surface area contributed by atoms with E-state index in [-0.39, 0.29) is 5.91 Å². The van der Waals surface area contributed by atoms with Gasteiger partial charge in [-0.15, -0.1) is 0 Å². The van der Waals surface area contributed by atoms with Crippen LogP contribution in [0.3, 0.4) is 0 Å². The minimum atomic E-state index is 0.182. The van der Waals surface area contributed by atoms with Gasteiger partial charge in [0.15, 0.2) is 0 Å². The van der Waals surface area contributed by atoms with Crippen molar-refractivity contribution in [2.24, 2.45) is 11.7 Å². The van der Waals surface area contributed by atoms with Crippen molar-refractivity contribution in [1.29, 1.82) is 0 Å². The van der Waals surface area contributed by atoms with Crippen LogP contribution < -0.4 is 11.1 Å². The van der Waals surface area contributed by atoms with Gasteiger partial charge >= 0.3 is 0 Å². The Morgan fingerprint density at radius 3 is 2.79 bits per heavy atom. The maximum absolute atomic E-state index is 11.9. The van der Waals surface area contributed by atoms with Crippen molar-refractivity contribution in [2.75, 3.05) is 6.54 Å². The summed E-state index contributed by atoms with van der Waals surface area (Å²) in [4.78, 5) is 11.9. The van der Waals surface area contributed by atoms with E-state index in [1.54, 1.807) is 0 Å². The fourth-order valence-electron chi connectivity index (χ4n) is 2.89. The summed E-state index contributed by atoms with van der Waals surface area (Å²) < 4.78 is 0. The molecular formula is C16H24N2O. The van der Waals surface area contributed by atoms with Crippen LogP contribution in [-0.4, -0.2) is 18.5 Å². The Bertz CT molecular complexity index is 391. The number of aryl methyl sites for hydroxylation is 1. The standard InChI is InChI=1S/C16H24N2O/c17-12-14-9-5-10-15(14)18-16(19)11-4-8-13-6-2-1-3-7-13/h1-3,6-7,14-15H,4-5,8-12,17H2,(H,18,19). The first-order valence-electron chi connectivity index (χ1n) is 7.33. The van der Waals surface area contributed by atoms with E-state index in [0.29, 0.717) is 24.9 Å². The Morgan fingerprint density at radius 1 is 1.26 bits per heavy atom. The summed E-state index contributed by atoms with van der Waals surface area (Å²) in [5.41, 5.74) is 7.03. The molecule has 3 nitrogen and oxygen atoms in total. The van der Waals surface area contributed by atoms with Crippen LogP contribution in [0.25, 0.3) is 0 Å². The molecule has 1 aromatic carbocycles. The van der Waals surface area contributed by atoms with Gasteiger partial charge < -0.3 is 11.1 Å². The molecular weight excluding hydrogens is 236 g/mol. The molecule has 0 radical (unpaired) electrons. The van der Waals surface area contributed by atoms with E-state index in [0.717, 1.165) is 25.7 Å². The minimum Gasteiger partial charge on any atom is -0.353 e. The first kappa shape index (κ1) is 14.1. The molecule has 0 aliphatic heterocycles. The number of carbonyl (C=O) groups excluding carboxylic acids is 1. The third-order valence-corrected chi connectivity index (χ3v) is 4.02. The quantitative estimate of drug-likeness (QED) is 0.824. The molecule has 1 saturated carbocycles. The summed E-state index contributed by atoms with van der Waals surface area (Å²) in [7, 11) is 0. The second-order valence-electron chi connectivity index (χ2n) is 5.44. The zero-order valence-electron chi connectivity index (χ0n) is 11.5. The molecule has 3 heteroatoms. The molecule has 2 rings (SSSR count). The second-order valence-corrected chi connectivity index (χ2v) is 5.44. The molecule has 1 aromatic rings. The SMILES string of the molecule is NCC1CCCC1NC(=O)CCCc1ccccc1. The Hall–Kier alpha value is -1.35. The molecule has 0 bridgehead atoms. The number of hydrogen-bond donors (Lipinski definition) is 2. The summed E-state index contributed by atoms with van der Waals surface area (Å²) in [6.45, 7) is 0.689.